The van der Waals surface area contributed by atoms with Crippen molar-refractivity contribution < 1.29 is 4.74 Å². The second-order valence-electron chi connectivity index (χ2n) is 6.60. The minimum absolute atomic E-state index is 0.298. The molecule has 26 heavy (non-hydrogen) atoms. The maximum Gasteiger partial charge on any atom is 0.316 e. The highest BCUT2D eigenvalue weighted by Crippen LogP contribution is 2.32. The van der Waals surface area contributed by atoms with E-state index in [0.29, 0.717) is 12.1 Å². The average Bonchev–Trinajstić information content (AvgIpc) is 3.17. The second-order valence-corrected chi connectivity index (χ2v) is 6.60. The summed E-state index contributed by atoms with van der Waals surface area (Å²) in [5.74, 6) is 0. The van der Waals surface area contributed by atoms with Crippen molar-refractivity contribution in [3.8, 4) is 6.01 Å². The summed E-state index contributed by atoms with van der Waals surface area (Å²) in [4.78, 5) is 18.9. The molecule has 4 rings (SSSR count). The minimum Gasteiger partial charge on any atom is -0.467 e. The first-order valence-corrected chi connectivity index (χ1v) is 8.98. The van der Waals surface area contributed by atoms with Crippen LogP contribution in [0.25, 0.3) is 0 Å². The molecule has 1 aliphatic heterocycles. The number of rotatable bonds is 6. The van der Waals surface area contributed by atoms with Crippen LogP contribution < -0.4 is 4.74 Å². The third-order valence-electron chi connectivity index (χ3n) is 4.96. The van der Waals surface area contributed by atoms with Gasteiger partial charge in [-0.25, -0.2) is 15.0 Å². The van der Waals surface area contributed by atoms with E-state index < -0.39 is 0 Å². The predicted octanol–water partition coefficient (Wildman–Crippen LogP) is 2.94. The van der Waals surface area contributed by atoms with Crippen LogP contribution in [0.3, 0.4) is 0 Å². The highest BCUT2D eigenvalue weighted by molar-refractivity contribution is 5.22. The number of methoxy groups -OCH3 is 1. The SMILES string of the molecule is COc1ncc(CN2CCc3[nH]cnc3[C@H]2CCc2ccccc2)cn1. The quantitative estimate of drug-likeness (QED) is 0.741. The third-order valence-corrected chi connectivity index (χ3v) is 4.96. The van der Waals surface area contributed by atoms with E-state index in [9.17, 15) is 0 Å². The van der Waals surface area contributed by atoms with Crippen molar-refractivity contribution in [2.24, 2.45) is 0 Å². The fraction of sp³-hybridized carbons (Fsp3) is 0.350. The zero-order valence-corrected chi connectivity index (χ0v) is 14.9. The van der Waals surface area contributed by atoms with Crippen LogP contribution in [0.15, 0.2) is 49.1 Å². The molecule has 1 atom stereocenters. The van der Waals surface area contributed by atoms with Crippen LogP contribution in [0.2, 0.25) is 0 Å². The molecule has 0 bridgehead atoms. The molecule has 0 unspecified atom stereocenters. The Morgan fingerprint density at radius 1 is 1.12 bits per heavy atom. The Morgan fingerprint density at radius 3 is 2.69 bits per heavy atom. The minimum atomic E-state index is 0.298. The van der Waals surface area contributed by atoms with Gasteiger partial charge in [0.2, 0.25) is 0 Å². The van der Waals surface area contributed by atoms with Crippen molar-refractivity contribution in [3.05, 3.63) is 71.6 Å². The normalized spacial score (nSPS) is 17.0. The highest BCUT2D eigenvalue weighted by Gasteiger charge is 2.29. The van der Waals surface area contributed by atoms with Gasteiger partial charge >= 0.3 is 6.01 Å². The molecule has 0 radical (unpaired) electrons. The molecule has 1 aromatic carbocycles. The summed E-state index contributed by atoms with van der Waals surface area (Å²) in [5, 5.41) is 0. The number of H-pyrrole nitrogens is 1. The highest BCUT2D eigenvalue weighted by atomic mass is 16.5. The topological polar surface area (TPSA) is 66.9 Å². The lowest BCUT2D eigenvalue weighted by molar-refractivity contribution is 0.162. The second kappa shape index (κ2) is 7.66. The largest absolute Gasteiger partial charge is 0.467 e. The van der Waals surface area contributed by atoms with Gasteiger partial charge in [0.25, 0.3) is 0 Å². The van der Waals surface area contributed by atoms with E-state index in [1.165, 1.54) is 17.0 Å². The number of aryl methyl sites for hydroxylation is 1. The van der Waals surface area contributed by atoms with E-state index >= 15 is 0 Å². The molecule has 2 aromatic heterocycles. The number of ether oxygens (including phenoxy) is 1. The van der Waals surface area contributed by atoms with Crippen molar-refractivity contribution in [3.63, 3.8) is 0 Å². The molecule has 1 N–H and O–H groups in total. The lowest BCUT2D eigenvalue weighted by Crippen LogP contribution is -2.35. The van der Waals surface area contributed by atoms with Crippen LogP contribution in [0.4, 0.5) is 0 Å². The number of aromatic amines is 1. The van der Waals surface area contributed by atoms with Crippen molar-refractivity contribution >= 4 is 0 Å². The van der Waals surface area contributed by atoms with Crippen molar-refractivity contribution in [2.45, 2.75) is 31.8 Å². The summed E-state index contributed by atoms with van der Waals surface area (Å²) in [6, 6.07) is 11.3. The maximum absolute atomic E-state index is 5.05. The Labute approximate surface area is 153 Å². The first-order chi connectivity index (χ1) is 12.8. The van der Waals surface area contributed by atoms with Crippen LogP contribution in [-0.4, -0.2) is 38.5 Å². The molecule has 0 saturated heterocycles. The Morgan fingerprint density at radius 2 is 1.92 bits per heavy atom. The van der Waals surface area contributed by atoms with Crippen LogP contribution in [0.5, 0.6) is 6.01 Å². The number of nitrogens with zero attached hydrogens (tertiary/aromatic N) is 4. The van der Waals surface area contributed by atoms with Crippen molar-refractivity contribution in [2.75, 3.05) is 13.7 Å². The Hall–Kier alpha value is -2.73. The molecule has 134 valence electrons. The van der Waals surface area contributed by atoms with E-state index in [1.807, 2.05) is 18.7 Å². The molecule has 3 aromatic rings. The van der Waals surface area contributed by atoms with Gasteiger partial charge in [-0.2, -0.15) is 0 Å². The van der Waals surface area contributed by atoms with Crippen LogP contribution in [0, 0.1) is 0 Å². The number of aromatic nitrogens is 4. The molecule has 0 aliphatic carbocycles. The standard InChI is InChI=1S/C20H23N5O/c1-26-20-21-11-16(12-22-20)13-25-10-9-17-19(24-14-23-17)18(25)8-7-15-5-3-2-4-6-15/h2-6,11-12,14,18H,7-10,13H2,1H3,(H,23,24)/t18-/m1/s1. The molecule has 6 nitrogen and oxygen atoms in total. The monoisotopic (exact) mass is 349 g/mol. The summed E-state index contributed by atoms with van der Waals surface area (Å²) >= 11 is 0. The lowest BCUT2D eigenvalue weighted by Gasteiger charge is -2.35. The zero-order chi connectivity index (χ0) is 17.8. The molecule has 1 aliphatic rings. The van der Waals surface area contributed by atoms with Crippen LogP contribution in [-0.2, 0) is 19.4 Å². The lowest BCUT2D eigenvalue weighted by atomic mass is 9.96. The average molecular weight is 349 g/mol. The maximum atomic E-state index is 5.05. The van der Waals surface area contributed by atoms with Gasteiger partial charge in [0.1, 0.15) is 0 Å². The van der Waals surface area contributed by atoms with Gasteiger partial charge in [0.15, 0.2) is 0 Å². The van der Waals surface area contributed by atoms with Gasteiger partial charge in [-0.3, -0.25) is 4.90 Å². The fourth-order valence-electron chi connectivity index (χ4n) is 3.62. The summed E-state index contributed by atoms with van der Waals surface area (Å²) in [5.41, 5.74) is 4.91. The first kappa shape index (κ1) is 16.7. The number of benzene rings is 1. The van der Waals surface area contributed by atoms with Gasteiger partial charge in [-0.1, -0.05) is 30.3 Å². The summed E-state index contributed by atoms with van der Waals surface area (Å²) < 4.78 is 5.05. The van der Waals surface area contributed by atoms with Gasteiger partial charge in [0, 0.05) is 43.2 Å². The third kappa shape index (κ3) is 3.60. The van der Waals surface area contributed by atoms with E-state index in [2.05, 4.69) is 55.2 Å². The van der Waals surface area contributed by atoms with Crippen LogP contribution >= 0.6 is 0 Å². The number of hydrogen-bond donors (Lipinski definition) is 1. The molecular weight excluding hydrogens is 326 g/mol. The molecule has 3 heterocycles. The van der Waals surface area contributed by atoms with Gasteiger partial charge in [0.05, 0.1) is 25.2 Å². The number of nitrogens with one attached hydrogen (secondary N) is 1. The first-order valence-electron chi connectivity index (χ1n) is 8.98. The number of hydrogen-bond acceptors (Lipinski definition) is 5. The van der Waals surface area contributed by atoms with E-state index in [-0.39, 0.29) is 0 Å². The van der Waals surface area contributed by atoms with Gasteiger partial charge < -0.3 is 9.72 Å². The number of fused-ring (bicyclic) bond motifs is 1. The van der Waals surface area contributed by atoms with E-state index in [4.69, 9.17) is 4.74 Å². The van der Waals surface area contributed by atoms with Crippen LogP contribution in [0.1, 0.15) is 35.0 Å². The molecule has 0 fully saturated rings. The molecular formula is C20H23N5O. The van der Waals surface area contributed by atoms with E-state index in [0.717, 1.165) is 37.9 Å². The Bertz CT molecular complexity index is 831. The Balaban J connectivity index is 1.51. The summed E-state index contributed by atoms with van der Waals surface area (Å²) in [6.07, 6.45) is 8.58. The fourth-order valence-corrected chi connectivity index (χ4v) is 3.62. The van der Waals surface area contributed by atoms with Crippen molar-refractivity contribution in [1.82, 2.24) is 24.8 Å². The smallest absolute Gasteiger partial charge is 0.316 e. The van der Waals surface area contributed by atoms with Gasteiger partial charge in [-0.05, 0) is 18.4 Å². The number of imidazole rings is 1. The molecule has 6 heteroatoms. The van der Waals surface area contributed by atoms with E-state index in [1.54, 1.807) is 7.11 Å². The van der Waals surface area contributed by atoms with Crippen molar-refractivity contribution in [1.29, 1.82) is 0 Å². The molecule has 0 saturated carbocycles. The zero-order valence-electron chi connectivity index (χ0n) is 14.9. The molecule has 0 spiro atoms. The Kier molecular flexibility index (Phi) is 4.93. The summed E-state index contributed by atoms with van der Waals surface area (Å²) in [7, 11) is 1.58. The molecule has 0 amide bonds. The summed E-state index contributed by atoms with van der Waals surface area (Å²) in [6.45, 7) is 1.82. The van der Waals surface area contributed by atoms with Gasteiger partial charge in [-0.15, -0.1) is 0 Å². The predicted molar refractivity (Wildman–Crippen MR) is 98.8 cm³/mol.